The number of hydrogen-bond acceptors (Lipinski definition) is 5. The fraction of sp³-hybridized carbons (Fsp3) is 0.440. The molecule has 1 aromatic carbocycles. The molecule has 170 valence electrons. The molecule has 1 saturated carbocycles. The second-order valence-electron chi connectivity index (χ2n) is 9.01. The van der Waals surface area contributed by atoms with E-state index >= 15 is 0 Å². The van der Waals surface area contributed by atoms with Crippen molar-refractivity contribution < 1.29 is 9.90 Å². The summed E-state index contributed by atoms with van der Waals surface area (Å²) in [5, 5.41) is 13.7. The van der Waals surface area contributed by atoms with Gasteiger partial charge in [-0.15, -0.1) is 0 Å². The Bertz CT molecular complexity index is 1010. The third kappa shape index (κ3) is 4.36. The largest absolute Gasteiger partial charge is 0.394 e. The lowest BCUT2D eigenvalue weighted by Gasteiger charge is -2.37. The van der Waals surface area contributed by atoms with Gasteiger partial charge < -0.3 is 20.6 Å². The first-order valence-electron chi connectivity index (χ1n) is 11.3. The van der Waals surface area contributed by atoms with E-state index in [0.29, 0.717) is 5.91 Å². The van der Waals surface area contributed by atoms with Crippen LogP contribution in [0.4, 0.5) is 0 Å². The summed E-state index contributed by atoms with van der Waals surface area (Å²) < 4.78 is 1.81. The van der Waals surface area contributed by atoms with Crippen LogP contribution in [-0.2, 0) is 10.3 Å². The number of benzene rings is 1. The zero-order chi connectivity index (χ0) is 22.9. The SMILES string of the molecule is C=Nn1cc(-c2ccc(C(C)(N)CO)cc2)cc1/C(=C\C)N1CCN(C(=O)C2CC2)CC1. The molecule has 2 fully saturated rings. The minimum atomic E-state index is -0.764. The van der Waals surface area contributed by atoms with Crippen molar-refractivity contribution in [2.45, 2.75) is 32.2 Å². The van der Waals surface area contributed by atoms with E-state index in [2.05, 4.69) is 28.9 Å². The molecule has 1 unspecified atom stereocenters. The molecule has 3 N–H and O–H groups in total. The fourth-order valence-electron chi connectivity index (χ4n) is 4.30. The summed E-state index contributed by atoms with van der Waals surface area (Å²) in [5.74, 6) is 0.594. The van der Waals surface area contributed by atoms with Crippen LogP contribution in [0.3, 0.4) is 0 Å². The number of nitrogens with two attached hydrogens (primary N) is 1. The van der Waals surface area contributed by atoms with Gasteiger partial charge in [-0.2, -0.15) is 5.10 Å². The van der Waals surface area contributed by atoms with Crippen LogP contribution in [0.25, 0.3) is 16.8 Å². The van der Waals surface area contributed by atoms with Gasteiger partial charge in [0, 0.05) is 50.6 Å². The molecule has 2 aliphatic rings. The van der Waals surface area contributed by atoms with Crippen molar-refractivity contribution in [2.75, 3.05) is 32.8 Å². The van der Waals surface area contributed by atoms with Gasteiger partial charge in [0.15, 0.2) is 0 Å². The first-order chi connectivity index (χ1) is 15.4. The lowest BCUT2D eigenvalue weighted by molar-refractivity contribution is -0.133. The van der Waals surface area contributed by atoms with Gasteiger partial charge >= 0.3 is 0 Å². The molecule has 32 heavy (non-hydrogen) atoms. The predicted octanol–water partition coefficient (Wildman–Crippen LogP) is 2.70. The molecule has 7 nitrogen and oxygen atoms in total. The summed E-state index contributed by atoms with van der Waals surface area (Å²) in [5.41, 5.74) is 10.4. The number of allylic oxidation sites excluding steroid dienone is 1. The van der Waals surface area contributed by atoms with Crippen LogP contribution >= 0.6 is 0 Å². The second-order valence-corrected chi connectivity index (χ2v) is 9.01. The van der Waals surface area contributed by atoms with E-state index in [1.165, 1.54) is 0 Å². The maximum Gasteiger partial charge on any atom is 0.225 e. The Labute approximate surface area is 189 Å². The lowest BCUT2D eigenvalue weighted by atomic mass is 9.93. The lowest BCUT2D eigenvalue weighted by Crippen LogP contribution is -2.48. The van der Waals surface area contributed by atoms with Crippen LogP contribution in [0.2, 0.25) is 0 Å². The average Bonchev–Trinajstić information content (AvgIpc) is 3.59. The Morgan fingerprint density at radius 1 is 1.19 bits per heavy atom. The number of carbonyl (C=O) groups is 1. The highest BCUT2D eigenvalue weighted by Crippen LogP contribution is 2.33. The molecule has 1 aromatic heterocycles. The van der Waals surface area contributed by atoms with E-state index in [1.54, 1.807) is 4.68 Å². The molecular weight excluding hydrogens is 402 g/mol. The van der Waals surface area contributed by atoms with Gasteiger partial charge in [0.1, 0.15) is 0 Å². The van der Waals surface area contributed by atoms with E-state index in [9.17, 15) is 9.90 Å². The summed E-state index contributed by atoms with van der Waals surface area (Å²) in [6.45, 7) is 10.6. The Hall–Kier alpha value is -2.90. The van der Waals surface area contributed by atoms with Crippen LogP contribution in [0.5, 0.6) is 0 Å². The third-order valence-corrected chi connectivity index (χ3v) is 6.55. The van der Waals surface area contributed by atoms with Gasteiger partial charge in [-0.1, -0.05) is 30.3 Å². The zero-order valence-electron chi connectivity index (χ0n) is 19.0. The molecule has 1 saturated heterocycles. The van der Waals surface area contributed by atoms with Crippen LogP contribution in [0.1, 0.15) is 37.9 Å². The van der Waals surface area contributed by atoms with Gasteiger partial charge in [0.05, 0.1) is 23.5 Å². The van der Waals surface area contributed by atoms with Gasteiger partial charge in [0.2, 0.25) is 5.91 Å². The van der Waals surface area contributed by atoms with E-state index in [-0.39, 0.29) is 12.5 Å². The Kier molecular flexibility index (Phi) is 6.22. The normalized spacial score (nSPS) is 19.1. The maximum absolute atomic E-state index is 12.4. The number of aliphatic hydroxyl groups is 1. The Morgan fingerprint density at radius 2 is 1.81 bits per heavy atom. The number of nitrogens with zero attached hydrogens (tertiary/aromatic N) is 4. The Morgan fingerprint density at radius 3 is 2.34 bits per heavy atom. The smallest absolute Gasteiger partial charge is 0.225 e. The summed E-state index contributed by atoms with van der Waals surface area (Å²) in [6, 6.07) is 10.1. The van der Waals surface area contributed by atoms with Crippen LogP contribution in [0, 0.1) is 5.92 Å². The van der Waals surface area contributed by atoms with E-state index in [0.717, 1.165) is 67.1 Å². The van der Waals surface area contributed by atoms with E-state index < -0.39 is 5.54 Å². The second kappa shape index (κ2) is 8.92. The zero-order valence-corrected chi connectivity index (χ0v) is 19.0. The van der Waals surface area contributed by atoms with Crippen molar-refractivity contribution in [2.24, 2.45) is 16.8 Å². The number of rotatable bonds is 7. The summed E-state index contributed by atoms with van der Waals surface area (Å²) in [4.78, 5) is 16.7. The van der Waals surface area contributed by atoms with Crippen LogP contribution in [-0.4, -0.2) is 65.0 Å². The predicted molar refractivity (Wildman–Crippen MR) is 128 cm³/mol. The van der Waals surface area contributed by atoms with Crippen LogP contribution in [0.15, 0.2) is 47.7 Å². The fourth-order valence-corrected chi connectivity index (χ4v) is 4.30. The summed E-state index contributed by atoms with van der Waals surface area (Å²) in [7, 11) is 0. The number of hydrogen-bond donors (Lipinski definition) is 2. The molecule has 0 spiro atoms. The van der Waals surface area contributed by atoms with Crippen molar-refractivity contribution in [3.05, 3.63) is 53.9 Å². The number of piperazine rings is 1. The number of carbonyl (C=O) groups excluding carboxylic acids is 1. The summed E-state index contributed by atoms with van der Waals surface area (Å²) in [6.07, 6.45) is 6.17. The summed E-state index contributed by atoms with van der Waals surface area (Å²) >= 11 is 0. The molecule has 0 radical (unpaired) electrons. The minimum absolute atomic E-state index is 0.114. The van der Waals surface area contributed by atoms with E-state index in [4.69, 9.17) is 5.73 Å². The van der Waals surface area contributed by atoms with Crippen molar-refractivity contribution in [1.82, 2.24) is 14.5 Å². The molecule has 1 aliphatic heterocycles. The quantitative estimate of drug-likeness (QED) is 0.655. The molecule has 2 aromatic rings. The molecule has 1 atom stereocenters. The molecule has 4 rings (SSSR count). The highest BCUT2D eigenvalue weighted by atomic mass is 16.3. The van der Waals surface area contributed by atoms with Gasteiger partial charge in [-0.05, 0) is 43.9 Å². The van der Waals surface area contributed by atoms with Crippen molar-refractivity contribution in [3.63, 3.8) is 0 Å². The number of amides is 1. The molecule has 1 aliphatic carbocycles. The van der Waals surface area contributed by atoms with Crippen LogP contribution < -0.4 is 5.73 Å². The van der Waals surface area contributed by atoms with Gasteiger partial charge in [-0.3, -0.25) is 4.79 Å². The minimum Gasteiger partial charge on any atom is -0.394 e. The van der Waals surface area contributed by atoms with Crippen molar-refractivity contribution in [3.8, 4) is 11.1 Å². The average molecular weight is 436 g/mol. The first-order valence-corrected chi connectivity index (χ1v) is 11.3. The highest BCUT2D eigenvalue weighted by molar-refractivity contribution is 5.81. The Balaban J connectivity index is 1.53. The monoisotopic (exact) mass is 435 g/mol. The maximum atomic E-state index is 12.4. The number of aliphatic hydroxyl groups excluding tert-OH is 1. The van der Waals surface area contributed by atoms with Gasteiger partial charge in [0.25, 0.3) is 0 Å². The first kappa shape index (κ1) is 22.3. The number of aromatic nitrogens is 1. The van der Waals surface area contributed by atoms with Crippen molar-refractivity contribution >= 4 is 18.3 Å². The highest BCUT2D eigenvalue weighted by Gasteiger charge is 2.35. The third-order valence-electron chi connectivity index (χ3n) is 6.55. The van der Waals surface area contributed by atoms with E-state index in [1.807, 2.05) is 49.2 Å². The molecule has 7 heteroatoms. The molecule has 0 bridgehead atoms. The van der Waals surface area contributed by atoms with Crippen molar-refractivity contribution in [1.29, 1.82) is 0 Å². The molecular formula is C25H33N5O2. The topological polar surface area (TPSA) is 87.1 Å². The van der Waals surface area contributed by atoms with Gasteiger partial charge in [-0.25, -0.2) is 4.68 Å². The standard InChI is InChI=1S/C25H33N5O2/c1-4-22(28-11-13-29(14-12-28)24(32)19-5-6-19)23-15-20(16-30(23)27-3)18-7-9-21(10-8-18)25(2,26)17-31/h4,7-10,15-16,19,31H,3,5-6,11-14,17,26H2,1-2H3/b22-4+. The molecule has 1 amide bonds. The molecule has 2 heterocycles.